The van der Waals surface area contributed by atoms with Crippen molar-refractivity contribution >= 4 is 38.1 Å². The summed E-state index contributed by atoms with van der Waals surface area (Å²) in [4.78, 5) is 0.0953. The quantitative estimate of drug-likeness (QED) is 0.846. The summed E-state index contributed by atoms with van der Waals surface area (Å²) >= 11 is 7.20. The van der Waals surface area contributed by atoms with Gasteiger partial charge < -0.3 is 5.32 Å². The minimum absolute atomic E-state index is 0.0953. The molecule has 0 unspecified atom stereocenters. The van der Waals surface area contributed by atoms with Gasteiger partial charge in [0, 0.05) is 11.6 Å². The molecule has 108 valence electrons. The first-order valence-corrected chi connectivity index (χ1v) is 8.55. The first kappa shape index (κ1) is 15.2. The molecular formula is C11H13ClN4O2S2. The molecule has 2 N–H and O–H groups in total. The van der Waals surface area contributed by atoms with E-state index in [0.717, 1.165) is 23.4 Å². The number of hydrogen-bond donors (Lipinski definition) is 2. The number of nitrogens with zero attached hydrogens (tertiary/aromatic N) is 2. The van der Waals surface area contributed by atoms with Crippen molar-refractivity contribution in [1.29, 1.82) is 0 Å². The van der Waals surface area contributed by atoms with Crippen LogP contribution in [-0.4, -0.2) is 25.2 Å². The minimum Gasteiger partial charge on any atom is -0.313 e. The lowest BCUT2D eigenvalue weighted by molar-refractivity contribution is 0.601. The van der Waals surface area contributed by atoms with E-state index < -0.39 is 10.0 Å². The van der Waals surface area contributed by atoms with Gasteiger partial charge in [-0.05, 0) is 24.2 Å². The maximum absolute atomic E-state index is 12.1. The van der Waals surface area contributed by atoms with Crippen molar-refractivity contribution in [3.8, 4) is 0 Å². The van der Waals surface area contributed by atoms with Gasteiger partial charge in [-0.1, -0.05) is 35.9 Å². The Hall–Kier alpha value is -1.22. The maximum atomic E-state index is 12.1. The molecule has 0 atom stereocenters. The fourth-order valence-corrected chi connectivity index (χ4v) is 3.52. The van der Waals surface area contributed by atoms with Crippen LogP contribution in [0.2, 0.25) is 5.02 Å². The fraction of sp³-hybridized carbons (Fsp3) is 0.273. The standard InChI is InChI=1S/C11H13ClN4O2S2/c1-2-13-6-8-3-4-9(5-10(8)12)20(17,18)16-11-15-14-7-19-11/h3-5,7,13H,2,6H2,1H3,(H,15,16). The summed E-state index contributed by atoms with van der Waals surface area (Å²) in [5.74, 6) is 0. The van der Waals surface area contributed by atoms with Crippen molar-refractivity contribution < 1.29 is 8.42 Å². The number of rotatable bonds is 6. The van der Waals surface area contributed by atoms with Crippen molar-refractivity contribution in [1.82, 2.24) is 15.5 Å². The molecule has 2 aromatic rings. The van der Waals surface area contributed by atoms with Gasteiger partial charge in [-0.2, -0.15) is 0 Å². The van der Waals surface area contributed by atoms with E-state index in [2.05, 4.69) is 20.2 Å². The van der Waals surface area contributed by atoms with E-state index in [9.17, 15) is 8.42 Å². The summed E-state index contributed by atoms with van der Waals surface area (Å²) < 4.78 is 26.6. The van der Waals surface area contributed by atoms with Crippen molar-refractivity contribution in [2.45, 2.75) is 18.4 Å². The predicted molar refractivity (Wildman–Crippen MR) is 79.6 cm³/mol. The number of anilines is 1. The van der Waals surface area contributed by atoms with E-state index in [1.165, 1.54) is 17.6 Å². The zero-order valence-electron chi connectivity index (χ0n) is 10.6. The van der Waals surface area contributed by atoms with E-state index in [1.54, 1.807) is 6.07 Å². The minimum atomic E-state index is -3.69. The third kappa shape index (κ3) is 3.66. The number of halogens is 1. The van der Waals surface area contributed by atoms with Crippen LogP contribution in [0.15, 0.2) is 28.6 Å². The normalized spacial score (nSPS) is 11.5. The van der Waals surface area contributed by atoms with E-state index in [-0.39, 0.29) is 10.0 Å². The van der Waals surface area contributed by atoms with Crippen molar-refractivity contribution in [3.63, 3.8) is 0 Å². The van der Waals surface area contributed by atoms with Gasteiger partial charge in [0.15, 0.2) is 0 Å². The third-order valence-electron chi connectivity index (χ3n) is 2.48. The van der Waals surface area contributed by atoms with Crippen LogP contribution in [0, 0.1) is 0 Å². The maximum Gasteiger partial charge on any atom is 0.263 e. The Labute approximate surface area is 126 Å². The van der Waals surface area contributed by atoms with Gasteiger partial charge in [-0.25, -0.2) is 8.42 Å². The summed E-state index contributed by atoms with van der Waals surface area (Å²) in [5, 5.41) is 11.0. The molecule has 0 fully saturated rings. The van der Waals surface area contributed by atoms with Gasteiger partial charge in [0.1, 0.15) is 5.51 Å². The van der Waals surface area contributed by atoms with Crippen LogP contribution in [0.25, 0.3) is 0 Å². The van der Waals surface area contributed by atoms with Crippen molar-refractivity contribution in [2.24, 2.45) is 0 Å². The SMILES string of the molecule is CCNCc1ccc(S(=O)(=O)Nc2nncs2)cc1Cl. The highest BCUT2D eigenvalue weighted by Crippen LogP contribution is 2.23. The van der Waals surface area contributed by atoms with Crippen LogP contribution in [0.4, 0.5) is 5.13 Å². The molecule has 9 heteroatoms. The number of sulfonamides is 1. The molecule has 0 aliphatic carbocycles. The molecule has 0 aliphatic heterocycles. The highest BCUT2D eigenvalue weighted by atomic mass is 35.5. The second kappa shape index (κ2) is 6.49. The highest BCUT2D eigenvalue weighted by molar-refractivity contribution is 7.93. The van der Waals surface area contributed by atoms with Gasteiger partial charge in [0.25, 0.3) is 10.0 Å². The molecule has 0 amide bonds. The molecule has 1 aromatic heterocycles. The van der Waals surface area contributed by atoms with Gasteiger partial charge in [-0.15, -0.1) is 10.2 Å². The number of nitrogens with one attached hydrogen (secondary N) is 2. The monoisotopic (exact) mass is 332 g/mol. The number of aromatic nitrogens is 2. The zero-order valence-corrected chi connectivity index (χ0v) is 13.0. The average molecular weight is 333 g/mol. The van der Waals surface area contributed by atoms with Gasteiger partial charge in [0.2, 0.25) is 5.13 Å². The Balaban J connectivity index is 2.22. The van der Waals surface area contributed by atoms with Crippen molar-refractivity contribution in [3.05, 3.63) is 34.3 Å². The van der Waals surface area contributed by atoms with Crippen molar-refractivity contribution in [2.75, 3.05) is 11.3 Å². The molecule has 2 rings (SSSR count). The van der Waals surface area contributed by atoms with E-state index in [1.807, 2.05) is 6.92 Å². The smallest absolute Gasteiger partial charge is 0.263 e. The molecule has 0 spiro atoms. The van der Waals surface area contributed by atoms with Crippen LogP contribution < -0.4 is 10.0 Å². The fourth-order valence-electron chi connectivity index (χ4n) is 1.49. The van der Waals surface area contributed by atoms with E-state index >= 15 is 0 Å². The average Bonchev–Trinajstić information content (AvgIpc) is 2.89. The molecule has 1 aromatic carbocycles. The lowest BCUT2D eigenvalue weighted by atomic mass is 10.2. The Kier molecular flexibility index (Phi) is 4.92. The lowest BCUT2D eigenvalue weighted by Gasteiger charge is -2.08. The van der Waals surface area contributed by atoms with Crippen LogP contribution in [-0.2, 0) is 16.6 Å². The molecule has 0 aliphatic rings. The molecule has 0 saturated carbocycles. The van der Waals surface area contributed by atoms with E-state index in [4.69, 9.17) is 11.6 Å². The molecule has 20 heavy (non-hydrogen) atoms. The molecule has 0 saturated heterocycles. The number of benzene rings is 1. The Bertz CT molecular complexity index is 674. The molecule has 0 radical (unpaired) electrons. The van der Waals surface area contributed by atoms with Crippen LogP contribution in [0.5, 0.6) is 0 Å². The Morgan fingerprint density at radius 1 is 1.40 bits per heavy atom. The second-order valence-corrected chi connectivity index (χ2v) is 6.81. The summed E-state index contributed by atoms with van der Waals surface area (Å²) in [6.07, 6.45) is 0. The summed E-state index contributed by atoms with van der Waals surface area (Å²) in [7, 11) is -3.69. The Morgan fingerprint density at radius 3 is 2.80 bits per heavy atom. The van der Waals surface area contributed by atoms with Gasteiger partial charge >= 0.3 is 0 Å². The van der Waals surface area contributed by atoms with E-state index in [0.29, 0.717) is 11.6 Å². The molecular weight excluding hydrogens is 320 g/mol. The van der Waals surface area contributed by atoms with Crippen LogP contribution >= 0.6 is 22.9 Å². The van der Waals surface area contributed by atoms with Gasteiger partial charge in [-0.3, -0.25) is 4.72 Å². The molecule has 6 nitrogen and oxygen atoms in total. The van der Waals surface area contributed by atoms with Crippen LogP contribution in [0.3, 0.4) is 0 Å². The largest absolute Gasteiger partial charge is 0.313 e. The van der Waals surface area contributed by atoms with Crippen LogP contribution in [0.1, 0.15) is 12.5 Å². The first-order valence-electron chi connectivity index (χ1n) is 5.81. The molecule has 0 bridgehead atoms. The third-order valence-corrected chi connectivity index (χ3v) is 4.91. The number of hydrogen-bond acceptors (Lipinski definition) is 6. The van der Waals surface area contributed by atoms with Gasteiger partial charge in [0.05, 0.1) is 4.90 Å². The summed E-state index contributed by atoms with van der Waals surface area (Å²) in [5.41, 5.74) is 2.30. The Morgan fingerprint density at radius 2 is 2.20 bits per heavy atom. The first-order chi connectivity index (χ1) is 9.53. The second-order valence-electron chi connectivity index (χ2n) is 3.88. The highest BCUT2D eigenvalue weighted by Gasteiger charge is 2.17. The zero-order chi connectivity index (χ0) is 14.6. The summed E-state index contributed by atoms with van der Waals surface area (Å²) in [6, 6.07) is 4.64. The lowest BCUT2D eigenvalue weighted by Crippen LogP contribution is -2.14. The molecule has 1 heterocycles. The summed E-state index contributed by atoms with van der Waals surface area (Å²) in [6.45, 7) is 3.40. The predicted octanol–water partition coefficient (Wildman–Crippen LogP) is 2.10. The topological polar surface area (TPSA) is 84.0 Å².